The van der Waals surface area contributed by atoms with E-state index in [9.17, 15) is 9.59 Å². The van der Waals surface area contributed by atoms with E-state index in [2.05, 4.69) is 20.4 Å². The molecule has 1 unspecified atom stereocenters. The molecule has 0 radical (unpaired) electrons. The smallest absolute Gasteiger partial charge is 0.148 e. The molecule has 0 saturated heterocycles. The van der Waals surface area contributed by atoms with Crippen molar-refractivity contribution in [3.8, 4) is 0 Å². The first-order valence-electron chi connectivity index (χ1n) is 5.89. The number of allylic oxidation sites excluding steroid dienone is 1. The van der Waals surface area contributed by atoms with Gasteiger partial charge < -0.3 is 4.79 Å². The van der Waals surface area contributed by atoms with E-state index in [4.69, 9.17) is 0 Å². The first-order valence-corrected chi connectivity index (χ1v) is 5.89. The van der Waals surface area contributed by atoms with Gasteiger partial charge in [0.25, 0.3) is 0 Å². The average molecular weight is 224 g/mol. The van der Waals surface area contributed by atoms with E-state index in [1.807, 2.05) is 13.0 Å². The van der Waals surface area contributed by atoms with E-state index in [0.29, 0.717) is 5.92 Å². The van der Waals surface area contributed by atoms with E-state index in [0.717, 1.165) is 12.7 Å². The summed E-state index contributed by atoms with van der Waals surface area (Å²) in [6.07, 6.45) is 3.53. The number of aldehydes is 1. The van der Waals surface area contributed by atoms with Crippen molar-refractivity contribution in [3.63, 3.8) is 0 Å². The molecule has 0 amide bonds. The van der Waals surface area contributed by atoms with E-state index in [1.54, 1.807) is 13.8 Å². The van der Waals surface area contributed by atoms with Crippen molar-refractivity contribution in [2.45, 2.75) is 41.0 Å². The standard InChI is InChI=1S/C14H24O2/c1-7-8-10(2)11(3)12(4)13(16)14(5,6)9-15/h7,9-12H,1,8H2,2-6H3/t10?,11-,12+/m0/s1. The highest BCUT2D eigenvalue weighted by Gasteiger charge is 2.34. The van der Waals surface area contributed by atoms with Gasteiger partial charge in [0, 0.05) is 5.92 Å². The summed E-state index contributed by atoms with van der Waals surface area (Å²) in [4.78, 5) is 22.9. The maximum atomic E-state index is 12.1. The third-order valence-corrected chi connectivity index (χ3v) is 3.57. The summed E-state index contributed by atoms with van der Waals surface area (Å²) in [5.41, 5.74) is -0.860. The highest BCUT2D eigenvalue weighted by molar-refractivity contribution is 5.98. The number of rotatable bonds is 7. The zero-order valence-electron chi connectivity index (χ0n) is 11.1. The van der Waals surface area contributed by atoms with Crippen LogP contribution in [0, 0.1) is 23.2 Å². The second kappa shape index (κ2) is 5.97. The second-order valence-corrected chi connectivity index (χ2v) is 5.35. The fourth-order valence-electron chi connectivity index (χ4n) is 1.85. The van der Waals surface area contributed by atoms with Crippen LogP contribution in [0.5, 0.6) is 0 Å². The van der Waals surface area contributed by atoms with Crippen molar-refractivity contribution in [1.29, 1.82) is 0 Å². The summed E-state index contributed by atoms with van der Waals surface area (Å²) >= 11 is 0. The summed E-state index contributed by atoms with van der Waals surface area (Å²) in [7, 11) is 0. The molecule has 0 saturated carbocycles. The lowest BCUT2D eigenvalue weighted by Crippen LogP contribution is -2.35. The molecule has 0 bridgehead atoms. The van der Waals surface area contributed by atoms with Gasteiger partial charge in [-0.2, -0.15) is 0 Å². The van der Waals surface area contributed by atoms with E-state index in [-0.39, 0.29) is 17.6 Å². The molecule has 0 rings (SSSR count). The fourth-order valence-corrected chi connectivity index (χ4v) is 1.85. The predicted octanol–water partition coefficient (Wildman–Crippen LogP) is 3.27. The number of ketones is 1. The Morgan fingerprint density at radius 1 is 1.31 bits per heavy atom. The summed E-state index contributed by atoms with van der Waals surface area (Å²) in [5, 5.41) is 0. The molecule has 2 nitrogen and oxygen atoms in total. The minimum atomic E-state index is -0.860. The second-order valence-electron chi connectivity index (χ2n) is 5.35. The predicted molar refractivity (Wildman–Crippen MR) is 67.2 cm³/mol. The maximum absolute atomic E-state index is 12.1. The van der Waals surface area contributed by atoms with Crippen LogP contribution < -0.4 is 0 Å². The van der Waals surface area contributed by atoms with Crippen molar-refractivity contribution in [1.82, 2.24) is 0 Å². The van der Waals surface area contributed by atoms with Gasteiger partial charge in [0.2, 0.25) is 0 Å². The Morgan fingerprint density at radius 2 is 1.81 bits per heavy atom. The van der Waals surface area contributed by atoms with Gasteiger partial charge in [0.15, 0.2) is 0 Å². The maximum Gasteiger partial charge on any atom is 0.148 e. The summed E-state index contributed by atoms with van der Waals surface area (Å²) in [6, 6.07) is 0. The van der Waals surface area contributed by atoms with Crippen LogP contribution in [-0.4, -0.2) is 12.1 Å². The lowest BCUT2D eigenvalue weighted by Gasteiger charge is -2.28. The van der Waals surface area contributed by atoms with Crippen LogP contribution in [0.1, 0.15) is 41.0 Å². The highest BCUT2D eigenvalue weighted by atomic mass is 16.1. The molecule has 3 atom stereocenters. The number of Topliss-reactive ketones (excluding diaryl/α,β-unsaturated/α-hetero) is 1. The Balaban J connectivity index is 4.66. The van der Waals surface area contributed by atoms with Gasteiger partial charge in [-0.15, -0.1) is 6.58 Å². The average Bonchev–Trinajstić information content (AvgIpc) is 2.26. The molecule has 2 heteroatoms. The van der Waals surface area contributed by atoms with Gasteiger partial charge in [-0.3, -0.25) is 4.79 Å². The Morgan fingerprint density at radius 3 is 2.19 bits per heavy atom. The van der Waals surface area contributed by atoms with Crippen molar-refractivity contribution >= 4 is 12.1 Å². The molecule has 16 heavy (non-hydrogen) atoms. The van der Waals surface area contributed by atoms with Crippen molar-refractivity contribution in [2.75, 3.05) is 0 Å². The highest BCUT2D eigenvalue weighted by Crippen LogP contribution is 2.29. The van der Waals surface area contributed by atoms with E-state index in [1.165, 1.54) is 0 Å². The van der Waals surface area contributed by atoms with E-state index >= 15 is 0 Å². The SMILES string of the molecule is C=CCC(C)[C@H](C)[C@@H](C)C(=O)C(C)(C)C=O. The molecule has 0 aromatic heterocycles. The fraction of sp³-hybridized carbons (Fsp3) is 0.714. The van der Waals surface area contributed by atoms with Crippen LogP contribution in [0.25, 0.3) is 0 Å². The van der Waals surface area contributed by atoms with Crippen molar-refractivity contribution < 1.29 is 9.59 Å². The normalized spacial score (nSPS) is 17.3. The third kappa shape index (κ3) is 3.58. The quantitative estimate of drug-likeness (QED) is 0.378. The molecule has 0 spiro atoms. The van der Waals surface area contributed by atoms with Crippen LogP contribution in [0.2, 0.25) is 0 Å². The van der Waals surface area contributed by atoms with Crippen LogP contribution in [0.3, 0.4) is 0 Å². The van der Waals surface area contributed by atoms with Gasteiger partial charge in [-0.25, -0.2) is 0 Å². The van der Waals surface area contributed by atoms with Crippen LogP contribution in [-0.2, 0) is 9.59 Å². The zero-order chi connectivity index (χ0) is 12.9. The number of hydrogen-bond donors (Lipinski definition) is 0. The van der Waals surface area contributed by atoms with Crippen LogP contribution in [0.4, 0.5) is 0 Å². The largest absolute Gasteiger partial charge is 0.302 e. The third-order valence-electron chi connectivity index (χ3n) is 3.57. The molecule has 0 N–H and O–H groups in total. The van der Waals surface area contributed by atoms with Gasteiger partial charge in [-0.05, 0) is 32.1 Å². The Bertz CT molecular complexity index is 266. The zero-order valence-corrected chi connectivity index (χ0v) is 11.1. The Kier molecular flexibility index (Phi) is 5.63. The van der Waals surface area contributed by atoms with Crippen molar-refractivity contribution in [3.05, 3.63) is 12.7 Å². The van der Waals surface area contributed by atoms with Crippen LogP contribution in [0.15, 0.2) is 12.7 Å². The summed E-state index contributed by atoms with van der Waals surface area (Å²) in [5.74, 6) is 0.629. The Labute approximate surface area is 99.1 Å². The molecule has 0 aromatic rings. The molecular formula is C14H24O2. The van der Waals surface area contributed by atoms with Gasteiger partial charge in [0.1, 0.15) is 12.1 Å². The topological polar surface area (TPSA) is 34.1 Å². The molecule has 0 aliphatic heterocycles. The molecule has 0 aromatic carbocycles. The van der Waals surface area contributed by atoms with Gasteiger partial charge in [0.05, 0.1) is 5.41 Å². The van der Waals surface area contributed by atoms with Crippen LogP contribution >= 0.6 is 0 Å². The first kappa shape index (κ1) is 15.1. The molecule has 0 fully saturated rings. The minimum absolute atomic E-state index is 0.0333. The summed E-state index contributed by atoms with van der Waals surface area (Å²) < 4.78 is 0. The molecular weight excluding hydrogens is 200 g/mol. The van der Waals surface area contributed by atoms with Gasteiger partial charge in [-0.1, -0.05) is 26.8 Å². The molecule has 0 heterocycles. The molecule has 92 valence electrons. The monoisotopic (exact) mass is 224 g/mol. The summed E-state index contributed by atoms with van der Waals surface area (Å²) in [6.45, 7) is 13.2. The Hall–Kier alpha value is -0.920. The number of carbonyl (C=O) groups excluding carboxylic acids is 2. The van der Waals surface area contributed by atoms with E-state index < -0.39 is 5.41 Å². The first-order chi connectivity index (χ1) is 7.27. The molecule has 0 aliphatic rings. The lowest BCUT2D eigenvalue weighted by atomic mass is 9.74. The number of hydrogen-bond acceptors (Lipinski definition) is 2. The van der Waals surface area contributed by atoms with Crippen molar-refractivity contribution in [2.24, 2.45) is 23.2 Å². The molecule has 0 aliphatic carbocycles. The lowest BCUT2D eigenvalue weighted by molar-refractivity contribution is -0.137. The van der Waals surface area contributed by atoms with Gasteiger partial charge >= 0.3 is 0 Å². The minimum Gasteiger partial charge on any atom is -0.302 e. The number of carbonyl (C=O) groups is 2.